The lowest BCUT2D eigenvalue weighted by Crippen LogP contribution is -2.31. The molecule has 1 atom stereocenters. The van der Waals surface area contributed by atoms with Gasteiger partial charge in [0.15, 0.2) is 0 Å². The second-order valence-electron chi connectivity index (χ2n) is 7.63. The molecule has 1 aliphatic rings. The Morgan fingerprint density at radius 2 is 1.64 bits per heavy atom. The van der Waals surface area contributed by atoms with Crippen LogP contribution >= 0.6 is 0 Å². The highest BCUT2D eigenvalue weighted by Crippen LogP contribution is 2.44. The lowest BCUT2D eigenvalue weighted by atomic mass is 9.93. The van der Waals surface area contributed by atoms with Crippen LogP contribution in [0.1, 0.15) is 29.2 Å². The van der Waals surface area contributed by atoms with Crippen LogP contribution in [-0.2, 0) is 14.3 Å². The molecular weight excluding hydrogens is 426 g/mol. The molecule has 0 aromatic heterocycles. The molecule has 1 fully saturated rings. The van der Waals surface area contributed by atoms with E-state index in [9.17, 15) is 14.7 Å². The Bertz CT molecular complexity index is 1080. The Morgan fingerprint density at radius 1 is 0.970 bits per heavy atom. The summed E-state index contributed by atoms with van der Waals surface area (Å²) in [5, 5.41) is 11.3. The van der Waals surface area contributed by atoms with E-state index in [4.69, 9.17) is 18.9 Å². The highest BCUT2D eigenvalue weighted by molar-refractivity contribution is 6.46. The van der Waals surface area contributed by atoms with E-state index in [1.165, 1.54) is 19.1 Å². The zero-order valence-corrected chi connectivity index (χ0v) is 19.5. The molecule has 176 valence electrons. The van der Waals surface area contributed by atoms with E-state index < -0.39 is 17.7 Å². The van der Waals surface area contributed by atoms with Crippen LogP contribution < -0.4 is 14.2 Å². The predicted octanol–water partition coefficient (Wildman–Crippen LogP) is 3.48. The molecule has 1 N–H and O–H groups in total. The summed E-state index contributed by atoms with van der Waals surface area (Å²) in [7, 11) is 6.17. The Kier molecular flexibility index (Phi) is 7.60. The van der Waals surface area contributed by atoms with E-state index in [1.54, 1.807) is 57.5 Å². The van der Waals surface area contributed by atoms with E-state index in [0.29, 0.717) is 47.0 Å². The maximum absolute atomic E-state index is 13.2. The molecule has 1 heterocycles. The monoisotopic (exact) mass is 455 g/mol. The van der Waals surface area contributed by atoms with Gasteiger partial charge in [0, 0.05) is 37.5 Å². The topological polar surface area (TPSA) is 94.5 Å². The third-order valence-corrected chi connectivity index (χ3v) is 5.71. The van der Waals surface area contributed by atoms with Gasteiger partial charge in [-0.3, -0.25) is 9.59 Å². The fourth-order valence-electron chi connectivity index (χ4n) is 4.03. The summed E-state index contributed by atoms with van der Waals surface area (Å²) in [6, 6.07) is 9.45. The molecule has 2 aromatic rings. The second-order valence-corrected chi connectivity index (χ2v) is 7.63. The number of aryl methyl sites for hydroxylation is 1. The normalized spacial score (nSPS) is 17.4. The number of ketones is 1. The van der Waals surface area contributed by atoms with Crippen LogP contribution in [0.15, 0.2) is 42.0 Å². The summed E-state index contributed by atoms with van der Waals surface area (Å²) in [5.41, 5.74) is 1.73. The number of hydrogen-bond acceptors (Lipinski definition) is 7. The average Bonchev–Trinajstić information content (AvgIpc) is 3.08. The number of hydrogen-bond donors (Lipinski definition) is 1. The molecule has 8 nitrogen and oxygen atoms in total. The number of carbonyl (C=O) groups is 2. The zero-order valence-electron chi connectivity index (χ0n) is 19.5. The molecule has 0 spiro atoms. The molecule has 33 heavy (non-hydrogen) atoms. The molecule has 3 rings (SSSR count). The first-order valence-corrected chi connectivity index (χ1v) is 10.5. The van der Waals surface area contributed by atoms with Crippen molar-refractivity contribution in [3.8, 4) is 17.2 Å². The van der Waals surface area contributed by atoms with Crippen molar-refractivity contribution >= 4 is 17.4 Å². The van der Waals surface area contributed by atoms with Gasteiger partial charge >= 0.3 is 0 Å². The number of methoxy groups -OCH3 is 4. The van der Waals surface area contributed by atoms with Crippen molar-refractivity contribution in [2.45, 2.75) is 19.4 Å². The number of benzene rings is 2. The van der Waals surface area contributed by atoms with Gasteiger partial charge in [-0.05, 0) is 49.2 Å². The fraction of sp³-hybridized carbons (Fsp3) is 0.360. The van der Waals surface area contributed by atoms with Crippen molar-refractivity contribution in [2.75, 3.05) is 41.6 Å². The number of aliphatic hydroxyl groups is 1. The minimum Gasteiger partial charge on any atom is -0.507 e. The summed E-state index contributed by atoms with van der Waals surface area (Å²) in [4.78, 5) is 27.7. The molecule has 0 radical (unpaired) electrons. The third kappa shape index (κ3) is 4.66. The summed E-state index contributed by atoms with van der Waals surface area (Å²) in [6.45, 7) is 2.50. The van der Waals surface area contributed by atoms with Crippen LogP contribution in [0, 0.1) is 6.92 Å². The predicted molar refractivity (Wildman–Crippen MR) is 123 cm³/mol. The van der Waals surface area contributed by atoms with Crippen molar-refractivity contribution in [1.82, 2.24) is 4.90 Å². The Hall–Kier alpha value is -3.52. The SMILES string of the molecule is COCCCN1C(=O)C(=O)/C(=C(/O)c2ccc(OC)cc2C)[C@@H]1c1ccc(OC)cc1OC. The molecule has 1 saturated heterocycles. The molecule has 8 heteroatoms. The van der Waals surface area contributed by atoms with Gasteiger partial charge in [-0.15, -0.1) is 0 Å². The maximum Gasteiger partial charge on any atom is 0.295 e. The van der Waals surface area contributed by atoms with Gasteiger partial charge in [0.05, 0.1) is 32.9 Å². The first-order valence-electron chi connectivity index (χ1n) is 10.5. The lowest BCUT2D eigenvalue weighted by Gasteiger charge is -2.27. The smallest absolute Gasteiger partial charge is 0.295 e. The Labute approximate surface area is 193 Å². The van der Waals surface area contributed by atoms with E-state index in [0.717, 1.165) is 0 Å². The van der Waals surface area contributed by atoms with Crippen LogP contribution in [-0.4, -0.2) is 63.3 Å². The number of Topliss-reactive ketones (excluding diaryl/α,β-unsaturated/α-hetero) is 1. The molecule has 2 aromatic carbocycles. The first kappa shape index (κ1) is 24.1. The van der Waals surface area contributed by atoms with E-state index in [-0.39, 0.29) is 17.9 Å². The number of aliphatic hydroxyl groups excluding tert-OH is 1. The van der Waals surface area contributed by atoms with Gasteiger partial charge in [0.25, 0.3) is 11.7 Å². The number of rotatable bonds is 9. The number of ether oxygens (including phenoxy) is 4. The van der Waals surface area contributed by atoms with E-state index >= 15 is 0 Å². The molecule has 0 saturated carbocycles. The second kappa shape index (κ2) is 10.4. The minimum absolute atomic E-state index is 0.00847. The van der Waals surface area contributed by atoms with Gasteiger partial charge in [-0.2, -0.15) is 0 Å². The minimum atomic E-state index is -0.829. The molecule has 0 unspecified atom stereocenters. The molecular formula is C25H29NO7. The van der Waals surface area contributed by atoms with Crippen molar-refractivity contribution in [2.24, 2.45) is 0 Å². The van der Waals surface area contributed by atoms with Crippen LogP contribution in [0.4, 0.5) is 0 Å². The molecule has 0 bridgehead atoms. The average molecular weight is 456 g/mol. The summed E-state index contributed by atoms with van der Waals surface area (Å²) in [5.74, 6) is -0.0407. The largest absolute Gasteiger partial charge is 0.507 e. The van der Waals surface area contributed by atoms with Crippen LogP contribution in [0.3, 0.4) is 0 Å². The van der Waals surface area contributed by atoms with Crippen molar-refractivity contribution in [3.05, 3.63) is 58.7 Å². The Morgan fingerprint density at radius 3 is 2.24 bits per heavy atom. The fourth-order valence-corrected chi connectivity index (χ4v) is 4.03. The van der Waals surface area contributed by atoms with Gasteiger partial charge in [0.1, 0.15) is 23.0 Å². The highest BCUT2D eigenvalue weighted by Gasteiger charge is 2.47. The molecule has 1 aliphatic heterocycles. The van der Waals surface area contributed by atoms with Crippen LogP contribution in [0.2, 0.25) is 0 Å². The van der Waals surface area contributed by atoms with Crippen molar-refractivity contribution in [3.63, 3.8) is 0 Å². The van der Waals surface area contributed by atoms with Gasteiger partial charge in [-0.25, -0.2) is 0 Å². The summed E-state index contributed by atoms with van der Waals surface area (Å²) in [6.07, 6.45) is 0.528. The maximum atomic E-state index is 13.2. The van der Waals surface area contributed by atoms with Gasteiger partial charge in [0.2, 0.25) is 0 Å². The quantitative estimate of drug-likeness (QED) is 0.268. The van der Waals surface area contributed by atoms with E-state index in [2.05, 4.69) is 0 Å². The van der Waals surface area contributed by atoms with Crippen molar-refractivity contribution in [1.29, 1.82) is 0 Å². The van der Waals surface area contributed by atoms with Gasteiger partial charge < -0.3 is 29.0 Å². The molecule has 1 amide bonds. The van der Waals surface area contributed by atoms with Crippen LogP contribution in [0.25, 0.3) is 5.76 Å². The first-order chi connectivity index (χ1) is 15.9. The number of carbonyl (C=O) groups excluding carboxylic acids is 2. The number of amides is 1. The number of likely N-dealkylation sites (tertiary alicyclic amines) is 1. The standard InChI is InChI=1S/C25H29NO7/c1-15-13-16(31-3)7-9-18(15)23(27)21-22(19-10-8-17(32-4)14-20(19)33-5)26(11-6-12-30-2)25(29)24(21)28/h7-10,13-14,22,27H,6,11-12H2,1-5H3/b23-21+/t22-/m0/s1. The van der Waals surface area contributed by atoms with Gasteiger partial charge in [-0.1, -0.05) is 0 Å². The van der Waals surface area contributed by atoms with Crippen molar-refractivity contribution < 1.29 is 33.6 Å². The zero-order chi connectivity index (χ0) is 24.1. The van der Waals surface area contributed by atoms with Crippen LogP contribution in [0.5, 0.6) is 17.2 Å². The summed E-state index contributed by atoms with van der Waals surface area (Å²) >= 11 is 0. The summed E-state index contributed by atoms with van der Waals surface area (Å²) < 4.78 is 21.2. The third-order valence-electron chi connectivity index (χ3n) is 5.71. The Balaban J connectivity index is 2.21. The molecule has 0 aliphatic carbocycles. The highest BCUT2D eigenvalue weighted by atomic mass is 16.5. The van der Waals surface area contributed by atoms with E-state index in [1.807, 2.05) is 0 Å². The number of nitrogens with zero attached hydrogens (tertiary/aromatic N) is 1. The lowest BCUT2D eigenvalue weighted by molar-refractivity contribution is -0.140.